The van der Waals surface area contributed by atoms with Crippen molar-refractivity contribution in [2.24, 2.45) is 0 Å². The summed E-state index contributed by atoms with van der Waals surface area (Å²) in [7, 11) is 0. The van der Waals surface area contributed by atoms with Crippen molar-refractivity contribution in [3.05, 3.63) is 0 Å². The van der Waals surface area contributed by atoms with Crippen LogP contribution in [0.1, 0.15) is 26.7 Å². The van der Waals surface area contributed by atoms with Crippen LogP contribution in [0, 0.1) is 0 Å². The summed E-state index contributed by atoms with van der Waals surface area (Å²) in [5.41, 5.74) is 0. The van der Waals surface area contributed by atoms with Crippen molar-refractivity contribution in [1.29, 1.82) is 0 Å². The van der Waals surface area contributed by atoms with E-state index in [2.05, 4.69) is 12.2 Å². The molecule has 4 heteroatoms. The molecule has 1 fully saturated rings. The van der Waals surface area contributed by atoms with Crippen LogP contribution in [0.4, 0.5) is 0 Å². The second kappa shape index (κ2) is 5.50. The first kappa shape index (κ1) is 10.9. The van der Waals surface area contributed by atoms with E-state index < -0.39 is 0 Å². The molecule has 13 heavy (non-hydrogen) atoms. The molecule has 1 heterocycles. The van der Waals surface area contributed by atoms with Gasteiger partial charge in [-0.05, 0) is 13.3 Å². The van der Waals surface area contributed by atoms with Crippen molar-refractivity contribution in [2.75, 3.05) is 12.4 Å². The third-order valence-corrected chi connectivity index (χ3v) is 3.37. The smallest absolute Gasteiger partial charge is 0.308 e. The van der Waals surface area contributed by atoms with Gasteiger partial charge in [-0.3, -0.25) is 4.79 Å². The number of carbonyl (C=O) groups is 1. The number of hydrogen-bond donors (Lipinski definition) is 1. The van der Waals surface area contributed by atoms with E-state index in [1.807, 2.05) is 18.7 Å². The number of nitrogens with one attached hydrogen (secondary N) is 1. The molecule has 3 nitrogen and oxygen atoms in total. The van der Waals surface area contributed by atoms with Crippen LogP contribution in [-0.2, 0) is 9.53 Å². The molecule has 0 aromatic carbocycles. The molecule has 76 valence electrons. The first-order chi connectivity index (χ1) is 6.26. The van der Waals surface area contributed by atoms with Crippen LogP contribution in [0.25, 0.3) is 0 Å². The first-order valence-electron chi connectivity index (χ1n) is 4.79. The molecule has 1 N–H and O–H groups in total. The molecule has 0 aliphatic carbocycles. The molecular formula is C9H17NO2S. The first-order valence-corrected chi connectivity index (χ1v) is 5.84. The summed E-state index contributed by atoms with van der Waals surface area (Å²) in [6.45, 7) is 4.47. The van der Waals surface area contributed by atoms with Crippen molar-refractivity contribution in [2.45, 2.75) is 38.1 Å². The zero-order valence-electron chi connectivity index (χ0n) is 8.21. The van der Waals surface area contributed by atoms with Gasteiger partial charge in [0, 0.05) is 11.8 Å². The minimum atomic E-state index is -0.0933. The average Bonchev–Trinajstić information content (AvgIpc) is 2.52. The topological polar surface area (TPSA) is 38.3 Å². The van der Waals surface area contributed by atoms with Gasteiger partial charge in [0.05, 0.1) is 18.4 Å². The summed E-state index contributed by atoms with van der Waals surface area (Å²) in [6.07, 6.45) is 1.63. The lowest BCUT2D eigenvalue weighted by Crippen LogP contribution is -2.31. The molecular weight excluding hydrogens is 186 g/mol. The van der Waals surface area contributed by atoms with Gasteiger partial charge in [0.15, 0.2) is 0 Å². The Morgan fingerprint density at radius 3 is 2.92 bits per heavy atom. The quantitative estimate of drug-likeness (QED) is 0.701. The molecule has 2 atom stereocenters. The molecule has 1 aliphatic heterocycles. The van der Waals surface area contributed by atoms with E-state index in [0.717, 1.165) is 12.2 Å². The van der Waals surface area contributed by atoms with Crippen LogP contribution in [0.3, 0.4) is 0 Å². The molecule has 0 aromatic rings. The minimum absolute atomic E-state index is 0.0933. The minimum Gasteiger partial charge on any atom is -0.466 e. The summed E-state index contributed by atoms with van der Waals surface area (Å²) in [4.78, 5) is 11.1. The lowest BCUT2D eigenvalue weighted by Gasteiger charge is -2.10. The van der Waals surface area contributed by atoms with Crippen LogP contribution in [0.15, 0.2) is 0 Å². The molecule has 1 saturated heterocycles. The van der Waals surface area contributed by atoms with E-state index >= 15 is 0 Å². The number of esters is 1. The van der Waals surface area contributed by atoms with Crippen LogP contribution in [-0.4, -0.2) is 29.7 Å². The Kier molecular flexibility index (Phi) is 4.59. The van der Waals surface area contributed by atoms with Gasteiger partial charge in [-0.15, -0.1) is 11.8 Å². The van der Waals surface area contributed by atoms with E-state index in [1.54, 1.807) is 0 Å². The van der Waals surface area contributed by atoms with E-state index in [4.69, 9.17) is 4.74 Å². The Morgan fingerprint density at radius 1 is 1.62 bits per heavy atom. The summed E-state index contributed by atoms with van der Waals surface area (Å²) in [6, 6.07) is 0.574. The molecule has 2 unspecified atom stereocenters. The van der Waals surface area contributed by atoms with Gasteiger partial charge in [0.1, 0.15) is 0 Å². The van der Waals surface area contributed by atoms with Gasteiger partial charge in [-0.25, -0.2) is 0 Å². The van der Waals surface area contributed by atoms with E-state index in [9.17, 15) is 4.79 Å². The van der Waals surface area contributed by atoms with Crippen LogP contribution in [0.5, 0.6) is 0 Å². The van der Waals surface area contributed by atoms with Gasteiger partial charge in [-0.2, -0.15) is 0 Å². The van der Waals surface area contributed by atoms with Gasteiger partial charge in [0.2, 0.25) is 0 Å². The second-order valence-corrected chi connectivity index (χ2v) is 4.34. The molecule has 0 bridgehead atoms. The molecule has 0 spiro atoms. The van der Waals surface area contributed by atoms with Gasteiger partial charge < -0.3 is 10.1 Å². The third-order valence-electron chi connectivity index (χ3n) is 2.07. The number of thioether (sulfide) groups is 1. The molecule has 0 aromatic heterocycles. The molecule has 1 aliphatic rings. The van der Waals surface area contributed by atoms with Crippen molar-refractivity contribution >= 4 is 17.7 Å². The summed E-state index contributed by atoms with van der Waals surface area (Å²) in [5.74, 6) is 1.02. The maximum atomic E-state index is 11.1. The Bertz CT molecular complexity index is 175. The van der Waals surface area contributed by atoms with E-state index in [-0.39, 0.29) is 11.3 Å². The highest BCUT2D eigenvalue weighted by molar-refractivity contribution is 8.00. The van der Waals surface area contributed by atoms with Crippen molar-refractivity contribution in [3.63, 3.8) is 0 Å². The fourth-order valence-electron chi connectivity index (χ4n) is 1.32. The Morgan fingerprint density at radius 2 is 2.38 bits per heavy atom. The van der Waals surface area contributed by atoms with Crippen LogP contribution < -0.4 is 5.32 Å². The normalized spacial score (nSPS) is 27.5. The fraction of sp³-hybridized carbons (Fsp3) is 0.889. The lowest BCUT2D eigenvalue weighted by atomic mass is 10.2. The predicted molar refractivity (Wildman–Crippen MR) is 54.7 cm³/mol. The lowest BCUT2D eigenvalue weighted by molar-refractivity contribution is -0.143. The van der Waals surface area contributed by atoms with E-state index in [1.165, 1.54) is 0 Å². The second-order valence-electron chi connectivity index (χ2n) is 3.10. The van der Waals surface area contributed by atoms with Gasteiger partial charge in [-0.1, -0.05) is 6.92 Å². The molecule has 1 rings (SSSR count). The van der Waals surface area contributed by atoms with E-state index in [0.29, 0.717) is 19.1 Å². The largest absolute Gasteiger partial charge is 0.466 e. The standard InChI is InChI=1S/C9H17NO2S/c1-3-7-6-13-8(10-7)5-9(11)12-4-2/h7-8,10H,3-6H2,1-2H3. The van der Waals surface area contributed by atoms with Crippen molar-refractivity contribution < 1.29 is 9.53 Å². The number of hydrogen-bond acceptors (Lipinski definition) is 4. The molecule has 0 amide bonds. The summed E-state index contributed by atoms with van der Waals surface area (Å²) in [5, 5.41) is 3.66. The summed E-state index contributed by atoms with van der Waals surface area (Å²) < 4.78 is 4.88. The molecule has 0 radical (unpaired) electrons. The van der Waals surface area contributed by atoms with Crippen LogP contribution >= 0.6 is 11.8 Å². The zero-order valence-corrected chi connectivity index (χ0v) is 9.02. The Labute approximate surface area is 83.6 Å². The zero-order chi connectivity index (χ0) is 9.68. The average molecular weight is 203 g/mol. The summed E-state index contributed by atoms with van der Waals surface area (Å²) >= 11 is 1.82. The monoisotopic (exact) mass is 203 g/mol. The maximum absolute atomic E-state index is 11.1. The number of carbonyl (C=O) groups excluding carboxylic acids is 1. The maximum Gasteiger partial charge on any atom is 0.308 e. The van der Waals surface area contributed by atoms with Gasteiger partial charge in [0.25, 0.3) is 0 Å². The van der Waals surface area contributed by atoms with Crippen LogP contribution in [0.2, 0.25) is 0 Å². The fourth-order valence-corrected chi connectivity index (χ4v) is 2.66. The Hall–Kier alpha value is -0.220. The highest BCUT2D eigenvalue weighted by Gasteiger charge is 2.25. The number of ether oxygens (including phenoxy) is 1. The predicted octanol–water partition coefficient (Wildman–Crippen LogP) is 1.38. The SMILES string of the molecule is CCOC(=O)CC1NC(CC)CS1. The number of rotatable bonds is 4. The third kappa shape index (κ3) is 3.56. The van der Waals surface area contributed by atoms with Crippen molar-refractivity contribution in [1.82, 2.24) is 5.32 Å². The van der Waals surface area contributed by atoms with Gasteiger partial charge >= 0.3 is 5.97 Å². The highest BCUT2D eigenvalue weighted by Crippen LogP contribution is 2.22. The molecule has 0 saturated carbocycles. The Balaban J connectivity index is 2.19. The van der Waals surface area contributed by atoms with Crippen molar-refractivity contribution in [3.8, 4) is 0 Å². The highest BCUT2D eigenvalue weighted by atomic mass is 32.2.